The van der Waals surface area contributed by atoms with Gasteiger partial charge in [-0.2, -0.15) is 0 Å². The Morgan fingerprint density at radius 3 is 2.31 bits per heavy atom. The molecule has 1 aliphatic rings. The van der Waals surface area contributed by atoms with Gasteiger partial charge in [0, 0.05) is 39.3 Å². The molecule has 0 amide bonds. The Morgan fingerprint density at radius 1 is 0.828 bits per heavy atom. The second-order valence-electron chi connectivity index (χ2n) is 7.61. The molecule has 0 aromatic heterocycles. The summed E-state index contributed by atoms with van der Waals surface area (Å²) in [6.07, 6.45) is 4.82. The molecular weight excluding hydrogens is 364 g/mol. The Balaban J connectivity index is 1.22. The van der Waals surface area contributed by atoms with Gasteiger partial charge in [0.05, 0.1) is 5.69 Å². The van der Waals surface area contributed by atoms with Gasteiger partial charge in [-0.3, -0.25) is 4.90 Å². The Bertz CT molecular complexity index is 718. The van der Waals surface area contributed by atoms with Gasteiger partial charge >= 0.3 is 0 Å². The molecule has 0 radical (unpaired) electrons. The Kier molecular flexibility index (Phi) is 8.94. The van der Waals surface area contributed by atoms with E-state index in [4.69, 9.17) is 4.84 Å². The van der Waals surface area contributed by atoms with Crippen LogP contribution in [0.3, 0.4) is 0 Å². The lowest BCUT2D eigenvalue weighted by Gasteiger charge is -2.34. The summed E-state index contributed by atoms with van der Waals surface area (Å²) in [6.45, 7) is 7.82. The number of piperazine rings is 1. The SMILES string of the molecule is O=NOc1ccccc1NCCCCCCN1CCN(Cc2ccccc2)CC1. The molecule has 6 nitrogen and oxygen atoms in total. The van der Waals surface area contributed by atoms with Crippen LogP contribution in [0.5, 0.6) is 5.75 Å². The molecule has 0 saturated carbocycles. The van der Waals surface area contributed by atoms with Crippen LogP contribution in [0, 0.1) is 4.91 Å². The molecule has 0 atom stereocenters. The van der Waals surface area contributed by atoms with Crippen molar-refractivity contribution in [1.29, 1.82) is 0 Å². The largest absolute Gasteiger partial charge is 0.382 e. The molecule has 0 unspecified atom stereocenters. The molecule has 2 aromatic rings. The van der Waals surface area contributed by atoms with Crippen molar-refractivity contribution in [2.45, 2.75) is 32.2 Å². The van der Waals surface area contributed by atoms with Gasteiger partial charge in [0.2, 0.25) is 0 Å². The quantitative estimate of drug-likeness (QED) is 0.324. The van der Waals surface area contributed by atoms with Crippen molar-refractivity contribution in [2.75, 3.05) is 44.6 Å². The van der Waals surface area contributed by atoms with Crippen LogP contribution in [-0.2, 0) is 6.54 Å². The molecule has 1 aliphatic heterocycles. The predicted octanol–water partition coefficient (Wildman–Crippen LogP) is 4.54. The van der Waals surface area contributed by atoms with Gasteiger partial charge < -0.3 is 15.1 Å². The van der Waals surface area contributed by atoms with E-state index in [2.05, 4.69) is 50.8 Å². The summed E-state index contributed by atoms with van der Waals surface area (Å²) < 4.78 is 0. The van der Waals surface area contributed by atoms with Crippen molar-refractivity contribution < 1.29 is 4.84 Å². The first-order valence-electron chi connectivity index (χ1n) is 10.7. The van der Waals surface area contributed by atoms with Crippen molar-refractivity contribution in [2.24, 2.45) is 5.34 Å². The number of benzene rings is 2. The van der Waals surface area contributed by atoms with Crippen LogP contribution in [0.1, 0.15) is 31.2 Å². The van der Waals surface area contributed by atoms with Crippen molar-refractivity contribution in [3.8, 4) is 5.75 Å². The fourth-order valence-electron chi connectivity index (χ4n) is 3.78. The number of hydrogen-bond acceptors (Lipinski definition) is 6. The third-order valence-electron chi connectivity index (χ3n) is 5.45. The van der Waals surface area contributed by atoms with Gasteiger partial charge in [-0.15, -0.1) is 4.91 Å². The second kappa shape index (κ2) is 12.2. The van der Waals surface area contributed by atoms with Gasteiger partial charge in [0.1, 0.15) is 0 Å². The Morgan fingerprint density at radius 2 is 1.52 bits per heavy atom. The van der Waals surface area contributed by atoms with E-state index < -0.39 is 0 Å². The Labute approximate surface area is 173 Å². The molecule has 3 rings (SSSR count). The first-order valence-corrected chi connectivity index (χ1v) is 10.7. The molecular formula is C23H32N4O2. The number of unbranched alkanes of at least 4 members (excludes halogenated alkanes) is 3. The average Bonchev–Trinajstić information content (AvgIpc) is 2.76. The first kappa shape index (κ1) is 21.3. The van der Waals surface area contributed by atoms with Gasteiger partial charge in [0.15, 0.2) is 11.1 Å². The topological polar surface area (TPSA) is 57.2 Å². The van der Waals surface area contributed by atoms with E-state index in [1.54, 1.807) is 6.07 Å². The second-order valence-corrected chi connectivity index (χ2v) is 7.61. The lowest BCUT2D eigenvalue weighted by Crippen LogP contribution is -2.46. The monoisotopic (exact) mass is 396 g/mol. The summed E-state index contributed by atoms with van der Waals surface area (Å²) in [5.41, 5.74) is 2.23. The number of nitrogens with one attached hydrogen (secondary N) is 1. The molecule has 0 bridgehead atoms. The molecule has 156 valence electrons. The average molecular weight is 397 g/mol. The minimum atomic E-state index is 0.480. The molecule has 1 saturated heterocycles. The zero-order valence-electron chi connectivity index (χ0n) is 17.1. The summed E-state index contributed by atoms with van der Waals surface area (Å²) in [5.74, 6) is 0.480. The van der Waals surface area contributed by atoms with Crippen LogP contribution >= 0.6 is 0 Å². The summed E-state index contributed by atoms with van der Waals surface area (Å²) in [4.78, 5) is 20.2. The summed E-state index contributed by atoms with van der Waals surface area (Å²) >= 11 is 0. The van der Waals surface area contributed by atoms with Crippen LogP contribution in [0.25, 0.3) is 0 Å². The van der Waals surface area contributed by atoms with Gasteiger partial charge in [0.25, 0.3) is 0 Å². The molecule has 0 aliphatic carbocycles. The molecule has 1 heterocycles. The maximum Gasteiger partial charge on any atom is 0.184 e. The predicted molar refractivity (Wildman–Crippen MR) is 118 cm³/mol. The highest BCUT2D eigenvalue weighted by atomic mass is 16.7. The number of hydrogen-bond donors (Lipinski definition) is 1. The molecule has 6 heteroatoms. The molecule has 0 spiro atoms. The minimum absolute atomic E-state index is 0.480. The summed E-state index contributed by atoms with van der Waals surface area (Å²) in [6, 6.07) is 18.1. The van der Waals surface area contributed by atoms with E-state index in [1.807, 2.05) is 18.2 Å². The Hall–Kier alpha value is -2.44. The van der Waals surface area contributed by atoms with E-state index in [-0.39, 0.29) is 0 Å². The normalized spacial score (nSPS) is 15.2. The highest BCUT2D eigenvalue weighted by molar-refractivity contribution is 5.55. The van der Waals surface area contributed by atoms with Gasteiger partial charge in [-0.05, 0) is 37.1 Å². The minimum Gasteiger partial charge on any atom is -0.382 e. The number of para-hydroxylation sites is 2. The van der Waals surface area contributed by atoms with Crippen LogP contribution in [0.2, 0.25) is 0 Å². The van der Waals surface area contributed by atoms with Crippen molar-refractivity contribution >= 4 is 5.69 Å². The van der Waals surface area contributed by atoms with E-state index in [9.17, 15) is 4.91 Å². The summed E-state index contributed by atoms with van der Waals surface area (Å²) in [5, 5.41) is 5.83. The summed E-state index contributed by atoms with van der Waals surface area (Å²) in [7, 11) is 0. The van der Waals surface area contributed by atoms with E-state index in [0.29, 0.717) is 5.75 Å². The number of anilines is 1. The fourth-order valence-corrected chi connectivity index (χ4v) is 3.78. The van der Waals surface area contributed by atoms with Crippen LogP contribution < -0.4 is 10.2 Å². The fraction of sp³-hybridized carbons (Fsp3) is 0.478. The lowest BCUT2D eigenvalue weighted by molar-refractivity contribution is 0.125. The smallest absolute Gasteiger partial charge is 0.184 e. The van der Waals surface area contributed by atoms with Crippen LogP contribution in [0.15, 0.2) is 59.9 Å². The third-order valence-corrected chi connectivity index (χ3v) is 5.45. The zero-order valence-corrected chi connectivity index (χ0v) is 17.1. The maximum atomic E-state index is 10.3. The first-order chi connectivity index (χ1) is 14.3. The third kappa shape index (κ3) is 7.48. The van der Waals surface area contributed by atoms with Gasteiger partial charge in [-0.25, -0.2) is 0 Å². The van der Waals surface area contributed by atoms with Crippen molar-refractivity contribution in [3.63, 3.8) is 0 Å². The van der Waals surface area contributed by atoms with Crippen LogP contribution in [-0.4, -0.2) is 49.1 Å². The number of nitrogens with zero attached hydrogens (tertiary/aromatic N) is 3. The van der Waals surface area contributed by atoms with Gasteiger partial charge in [-0.1, -0.05) is 55.3 Å². The molecule has 29 heavy (non-hydrogen) atoms. The van der Waals surface area contributed by atoms with Crippen molar-refractivity contribution in [3.05, 3.63) is 65.1 Å². The van der Waals surface area contributed by atoms with E-state index in [1.165, 1.54) is 44.5 Å². The maximum absolute atomic E-state index is 10.3. The number of rotatable bonds is 12. The molecule has 1 N–H and O–H groups in total. The lowest BCUT2D eigenvalue weighted by atomic mass is 10.1. The molecule has 2 aromatic carbocycles. The zero-order chi connectivity index (χ0) is 20.2. The highest BCUT2D eigenvalue weighted by Crippen LogP contribution is 2.23. The molecule has 1 fully saturated rings. The van der Waals surface area contributed by atoms with Crippen LogP contribution in [0.4, 0.5) is 5.69 Å². The standard InChI is InChI=1S/C23H32N4O2/c28-25-29-23-13-7-6-12-22(23)24-14-8-1-2-9-15-26-16-18-27(19-17-26)20-21-10-4-3-5-11-21/h3-7,10-13,24H,1-2,8-9,14-20H2. The van der Waals surface area contributed by atoms with E-state index >= 15 is 0 Å². The van der Waals surface area contributed by atoms with E-state index in [0.717, 1.165) is 38.3 Å². The highest BCUT2D eigenvalue weighted by Gasteiger charge is 2.16. The van der Waals surface area contributed by atoms with Crippen molar-refractivity contribution in [1.82, 2.24) is 9.80 Å².